The number of rotatable bonds is 3. The lowest BCUT2D eigenvalue weighted by Crippen LogP contribution is -2.09. The molecule has 0 bridgehead atoms. The number of pyridine rings is 1. The summed E-state index contributed by atoms with van der Waals surface area (Å²) in [5.41, 5.74) is 8.45. The number of nitrogen functional groups attached to an aromatic ring is 1. The summed E-state index contributed by atoms with van der Waals surface area (Å²) in [6.07, 6.45) is 5.31. The number of fused-ring (bicyclic) bond motifs is 1. The maximum atomic E-state index is 5.94. The van der Waals surface area contributed by atoms with Crippen molar-refractivity contribution >= 4 is 22.3 Å². The molecule has 0 radical (unpaired) electrons. The van der Waals surface area contributed by atoms with E-state index in [0.717, 1.165) is 22.4 Å². The van der Waals surface area contributed by atoms with E-state index in [1.165, 1.54) is 0 Å². The average molecular weight is 253 g/mol. The molecule has 1 atom stereocenters. The minimum atomic E-state index is 0.0852. The molecule has 0 saturated heterocycles. The van der Waals surface area contributed by atoms with Gasteiger partial charge in [-0.1, -0.05) is 0 Å². The largest absolute Gasteiger partial charge is 0.397 e. The van der Waals surface area contributed by atoms with Crippen molar-refractivity contribution in [2.45, 2.75) is 13.0 Å². The molecular formula is C14H15N5. The van der Waals surface area contributed by atoms with Crippen LogP contribution in [0.4, 0.5) is 11.4 Å². The van der Waals surface area contributed by atoms with Crippen molar-refractivity contribution in [1.29, 1.82) is 0 Å². The highest BCUT2D eigenvalue weighted by Gasteiger charge is 2.10. The fraction of sp³-hybridized carbons (Fsp3) is 0.143. The SMILES string of the molecule is CC(Nc1ccc(N)c2ncccc12)c1ncc[nH]1. The highest BCUT2D eigenvalue weighted by Crippen LogP contribution is 2.28. The molecule has 0 saturated carbocycles. The Morgan fingerprint density at radius 3 is 2.89 bits per heavy atom. The van der Waals surface area contributed by atoms with E-state index in [4.69, 9.17) is 5.73 Å². The Balaban J connectivity index is 2.00. The molecule has 2 aromatic heterocycles. The topological polar surface area (TPSA) is 79.6 Å². The van der Waals surface area contributed by atoms with Gasteiger partial charge in [-0.2, -0.15) is 0 Å². The first-order valence-electron chi connectivity index (χ1n) is 6.15. The van der Waals surface area contributed by atoms with Gasteiger partial charge in [-0.05, 0) is 31.2 Å². The first kappa shape index (κ1) is 11.5. The van der Waals surface area contributed by atoms with Crippen LogP contribution in [0, 0.1) is 0 Å². The van der Waals surface area contributed by atoms with Crippen LogP contribution >= 0.6 is 0 Å². The second-order valence-corrected chi connectivity index (χ2v) is 4.44. The summed E-state index contributed by atoms with van der Waals surface area (Å²) in [5, 5.41) is 4.44. The molecule has 0 aliphatic heterocycles. The maximum Gasteiger partial charge on any atom is 0.128 e. The van der Waals surface area contributed by atoms with E-state index in [-0.39, 0.29) is 6.04 Å². The molecule has 3 aromatic rings. The Hall–Kier alpha value is -2.56. The number of nitrogens with two attached hydrogens (primary N) is 1. The standard InChI is InChI=1S/C14H15N5/c1-9(14-17-7-8-18-14)19-12-5-4-11(15)13-10(12)3-2-6-16-13/h2-9,19H,15H2,1H3,(H,17,18). The lowest BCUT2D eigenvalue weighted by atomic mass is 10.1. The van der Waals surface area contributed by atoms with E-state index in [1.807, 2.05) is 30.5 Å². The third-order valence-corrected chi connectivity index (χ3v) is 3.10. The van der Waals surface area contributed by atoms with Crippen LogP contribution in [0.1, 0.15) is 18.8 Å². The monoisotopic (exact) mass is 253 g/mol. The molecule has 0 fully saturated rings. The van der Waals surface area contributed by atoms with Crippen molar-refractivity contribution in [3.8, 4) is 0 Å². The summed E-state index contributed by atoms with van der Waals surface area (Å²) in [4.78, 5) is 11.7. The summed E-state index contributed by atoms with van der Waals surface area (Å²) >= 11 is 0. The Morgan fingerprint density at radius 2 is 2.11 bits per heavy atom. The van der Waals surface area contributed by atoms with Gasteiger partial charge in [-0.3, -0.25) is 4.98 Å². The van der Waals surface area contributed by atoms with Gasteiger partial charge in [0.1, 0.15) is 5.82 Å². The van der Waals surface area contributed by atoms with Crippen LogP contribution in [0.15, 0.2) is 42.9 Å². The number of nitrogens with one attached hydrogen (secondary N) is 2. The number of aromatic nitrogens is 3. The number of imidazole rings is 1. The Bertz CT molecular complexity index is 690. The number of anilines is 2. The van der Waals surface area contributed by atoms with Gasteiger partial charge in [0.05, 0.1) is 17.2 Å². The van der Waals surface area contributed by atoms with Crippen molar-refractivity contribution < 1.29 is 0 Å². The molecule has 1 aromatic carbocycles. The number of hydrogen-bond acceptors (Lipinski definition) is 4. The summed E-state index contributed by atoms with van der Waals surface area (Å²) in [7, 11) is 0. The summed E-state index contributed by atoms with van der Waals surface area (Å²) in [6.45, 7) is 2.05. The maximum absolute atomic E-state index is 5.94. The number of aromatic amines is 1. The van der Waals surface area contributed by atoms with E-state index in [9.17, 15) is 0 Å². The summed E-state index contributed by atoms with van der Waals surface area (Å²) in [5.74, 6) is 0.897. The molecule has 0 amide bonds. The van der Waals surface area contributed by atoms with Gasteiger partial charge in [0.15, 0.2) is 0 Å². The first-order valence-corrected chi connectivity index (χ1v) is 6.15. The van der Waals surface area contributed by atoms with Crippen molar-refractivity contribution in [3.63, 3.8) is 0 Å². The smallest absolute Gasteiger partial charge is 0.128 e. The van der Waals surface area contributed by atoms with Gasteiger partial charge < -0.3 is 16.0 Å². The number of benzene rings is 1. The highest BCUT2D eigenvalue weighted by molar-refractivity contribution is 5.98. The van der Waals surface area contributed by atoms with Crippen LogP contribution in [-0.4, -0.2) is 15.0 Å². The molecule has 4 N–H and O–H groups in total. The molecule has 1 unspecified atom stereocenters. The average Bonchev–Trinajstić information content (AvgIpc) is 2.96. The van der Waals surface area contributed by atoms with Crippen molar-refractivity contribution in [2.75, 3.05) is 11.1 Å². The number of H-pyrrole nitrogens is 1. The van der Waals surface area contributed by atoms with Crippen LogP contribution in [-0.2, 0) is 0 Å². The summed E-state index contributed by atoms with van der Waals surface area (Å²) in [6, 6.07) is 7.84. The van der Waals surface area contributed by atoms with E-state index in [2.05, 4.69) is 27.2 Å². The molecule has 2 heterocycles. The van der Waals surface area contributed by atoms with Gasteiger partial charge in [-0.15, -0.1) is 0 Å². The Labute approximate surface area is 110 Å². The van der Waals surface area contributed by atoms with Crippen LogP contribution in [0.3, 0.4) is 0 Å². The third kappa shape index (κ3) is 2.10. The van der Waals surface area contributed by atoms with Gasteiger partial charge >= 0.3 is 0 Å². The third-order valence-electron chi connectivity index (χ3n) is 3.10. The van der Waals surface area contributed by atoms with E-state index >= 15 is 0 Å². The fourth-order valence-corrected chi connectivity index (χ4v) is 2.14. The van der Waals surface area contributed by atoms with Crippen LogP contribution in [0.25, 0.3) is 10.9 Å². The molecule has 3 rings (SSSR count). The highest BCUT2D eigenvalue weighted by atomic mass is 15.0. The molecule has 19 heavy (non-hydrogen) atoms. The predicted molar refractivity (Wildman–Crippen MR) is 76.8 cm³/mol. The lowest BCUT2D eigenvalue weighted by molar-refractivity contribution is 0.811. The van der Waals surface area contributed by atoms with Crippen LogP contribution in [0.2, 0.25) is 0 Å². The second-order valence-electron chi connectivity index (χ2n) is 4.44. The molecule has 0 spiro atoms. The zero-order chi connectivity index (χ0) is 13.2. The van der Waals surface area contributed by atoms with Crippen LogP contribution in [0.5, 0.6) is 0 Å². The predicted octanol–water partition coefficient (Wildman–Crippen LogP) is 2.71. The fourth-order valence-electron chi connectivity index (χ4n) is 2.14. The molecule has 0 aliphatic rings. The zero-order valence-electron chi connectivity index (χ0n) is 10.6. The summed E-state index contributed by atoms with van der Waals surface area (Å²) < 4.78 is 0. The Kier molecular flexibility index (Phi) is 2.79. The van der Waals surface area contributed by atoms with Crippen molar-refractivity contribution in [1.82, 2.24) is 15.0 Å². The van der Waals surface area contributed by atoms with Gasteiger partial charge in [0.2, 0.25) is 0 Å². The molecule has 0 aliphatic carbocycles. The number of hydrogen-bond donors (Lipinski definition) is 3. The Morgan fingerprint density at radius 1 is 1.21 bits per heavy atom. The van der Waals surface area contributed by atoms with E-state index in [0.29, 0.717) is 5.69 Å². The quantitative estimate of drug-likeness (QED) is 0.627. The van der Waals surface area contributed by atoms with Crippen LogP contribution < -0.4 is 11.1 Å². The minimum absolute atomic E-state index is 0.0852. The minimum Gasteiger partial charge on any atom is -0.397 e. The second kappa shape index (κ2) is 4.61. The van der Waals surface area contributed by atoms with E-state index in [1.54, 1.807) is 12.4 Å². The van der Waals surface area contributed by atoms with Gasteiger partial charge in [0.25, 0.3) is 0 Å². The molecule has 5 nitrogen and oxygen atoms in total. The van der Waals surface area contributed by atoms with Gasteiger partial charge in [-0.25, -0.2) is 4.98 Å². The lowest BCUT2D eigenvalue weighted by Gasteiger charge is -2.15. The van der Waals surface area contributed by atoms with E-state index < -0.39 is 0 Å². The molecule has 96 valence electrons. The normalized spacial score (nSPS) is 12.5. The van der Waals surface area contributed by atoms with Gasteiger partial charge in [0, 0.05) is 29.7 Å². The van der Waals surface area contributed by atoms with Crippen molar-refractivity contribution in [2.24, 2.45) is 0 Å². The first-order chi connectivity index (χ1) is 9.25. The number of nitrogens with zero attached hydrogens (tertiary/aromatic N) is 2. The molecule has 5 heteroatoms. The molecular weight excluding hydrogens is 238 g/mol. The zero-order valence-corrected chi connectivity index (χ0v) is 10.6. The van der Waals surface area contributed by atoms with Crippen molar-refractivity contribution in [3.05, 3.63) is 48.7 Å².